The van der Waals surface area contributed by atoms with Gasteiger partial charge in [0.25, 0.3) is 5.91 Å². The van der Waals surface area contributed by atoms with Gasteiger partial charge in [0.15, 0.2) is 5.66 Å². The lowest BCUT2D eigenvalue weighted by molar-refractivity contribution is -0.115. The number of carbonyl (C=O) groups excluding carboxylic acids is 1. The first-order valence-corrected chi connectivity index (χ1v) is 13.3. The molecule has 33 heavy (non-hydrogen) atoms. The Hall–Kier alpha value is -2.93. The molecule has 0 heterocycles. The highest BCUT2D eigenvalue weighted by molar-refractivity contribution is 7.96. The Morgan fingerprint density at radius 1 is 0.727 bits per heavy atom. The number of halogens is 1. The molecule has 4 aromatic rings. The first-order chi connectivity index (χ1) is 15.9. The van der Waals surface area contributed by atoms with Gasteiger partial charge in [-0.05, 0) is 80.4 Å². The largest absolute Gasteiger partial charge is 0.322 e. The molecule has 166 valence electrons. The summed E-state index contributed by atoms with van der Waals surface area (Å²) in [5, 5.41) is 7.50. The Morgan fingerprint density at radius 3 is 1.45 bits per heavy atom. The van der Waals surface area contributed by atoms with E-state index in [-0.39, 0.29) is 11.6 Å². The molecule has 0 fully saturated rings. The van der Waals surface area contributed by atoms with Gasteiger partial charge in [0.2, 0.25) is 0 Å². The van der Waals surface area contributed by atoms with Crippen LogP contribution >= 0.6 is 18.9 Å². The zero-order valence-corrected chi connectivity index (χ0v) is 20.8. The van der Waals surface area contributed by atoms with Crippen molar-refractivity contribution in [2.45, 2.75) is 26.4 Å². The Labute approximate surface area is 202 Å². The van der Waals surface area contributed by atoms with E-state index < -0.39 is 7.26 Å². The summed E-state index contributed by atoms with van der Waals surface area (Å²) in [6.07, 6.45) is 0. The molecule has 4 heteroatoms. The summed E-state index contributed by atoms with van der Waals surface area (Å²) >= 11 is 6.23. The third-order valence-electron chi connectivity index (χ3n) is 6.20. The van der Waals surface area contributed by atoms with Gasteiger partial charge < -0.3 is 5.32 Å². The molecule has 0 aliphatic carbocycles. The minimum Gasteiger partial charge on any atom is -0.322 e. The zero-order valence-electron chi connectivity index (χ0n) is 19.1. The molecule has 2 nitrogen and oxygen atoms in total. The summed E-state index contributed by atoms with van der Waals surface area (Å²) in [6.45, 7) is 6.02. The SMILES string of the molecule is Cc1cc(Cl)cc(C)c1NC(=O)C(C)[P+](c1ccccc1)(c1ccccc1)c1ccccc1. The number of aryl methyl sites for hydroxylation is 2. The first kappa shape index (κ1) is 23.2. The molecule has 0 saturated carbocycles. The second kappa shape index (κ2) is 9.91. The average Bonchev–Trinajstić information content (AvgIpc) is 2.84. The van der Waals surface area contributed by atoms with Gasteiger partial charge in [0.1, 0.15) is 23.2 Å². The van der Waals surface area contributed by atoms with Crippen molar-refractivity contribution in [2.75, 3.05) is 5.32 Å². The summed E-state index contributed by atoms with van der Waals surface area (Å²) in [7, 11) is -2.32. The maximum absolute atomic E-state index is 14.0. The fourth-order valence-corrected chi connectivity index (χ4v) is 9.53. The standard InChI is InChI=1S/C29H27ClNOP/c1-21-19-24(30)20-22(2)28(21)31-29(32)23(3)33(25-13-7-4-8-14-25,26-15-9-5-10-16-26)27-17-11-6-12-18-27/h4-20,23H,1-3H3/p+1. The van der Waals surface area contributed by atoms with Crippen LogP contribution in [0.5, 0.6) is 0 Å². The smallest absolute Gasteiger partial charge is 0.266 e. The summed E-state index contributed by atoms with van der Waals surface area (Å²) in [5.41, 5.74) is 2.47. The number of carbonyl (C=O) groups is 1. The molecular weight excluding hydrogens is 445 g/mol. The Bertz CT molecular complexity index is 1120. The molecule has 0 saturated heterocycles. The van der Waals surface area contributed by atoms with Crippen molar-refractivity contribution in [3.63, 3.8) is 0 Å². The summed E-state index contributed by atoms with van der Waals surface area (Å²) in [6, 6.07) is 35.2. The second-order valence-electron chi connectivity index (χ2n) is 8.31. The van der Waals surface area contributed by atoms with Gasteiger partial charge in [-0.25, -0.2) is 0 Å². The lowest BCUT2D eigenvalue weighted by atomic mass is 10.1. The van der Waals surface area contributed by atoms with E-state index in [1.165, 1.54) is 15.9 Å². The highest BCUT2D eigenvalue weighted by Crippen LogP contribution is 2.59. The van der Waals surface area contributed by atoms with Crippen LogP contribution in [0.3, 0.4) is 0 Å². The molecule has 1 amide bonds. The maximum atomic E-state index is 14.0. The van der Waals surface area contributed by atoms with Crippen molar-refractivity contribution in [3.05, 3.63) is 119 Å². The summed E-state index contributed by atoms with van der Waals surface area (Å²) in [5.74, 6) is 0.00779. The quantitative estimate of drug-likeness (QED) is 0.329. The Kier molecular flexibility index (Phi) is 6.98. The minimum atomic E-state index is -2.32. The monoisotopic (exact) mass is 472 g/mol. The van der Waals surface area contributed by atoms with Crippen LogP contribution in [0.2, 0.25) is 5.02 Å². The van der Waals surface area contributed by atoms with Gasteiger partial charge in [0.05, 0.1) is 0 Å². The summed E-state index contributed by atoms with van der Waals surface area (Å²) in [4.78, 5) is 14.0. The molecule has 1 atom stereocenters. The predicted octanol–water partition coefficient (Wildman–Crippen LogP) is 6.28. The van der Waals surface area contributed by atoms with Crippen LogP contribution in [-0.2, 0) is 4.79 Å². The number of hydrogen-bond donors (Lipinski definition) is 1. The minimum absolute atomic E-state index is 0.00779. The molecular formula is C29H28ClNOP+. The number of benzene rings is 4. The highest BCUT2D eigenvalue weighted by atomic mass is 35.5. The van der Waals surface area contributed by atoms with Crippen LogP contribution in [0.25, 0.3) is 0 Å². The molecule has 1 unspecified atom stereocenters. The van der Waals surface area contributed by atoms with Crippen molar-refractivity contribution in [2.24, 2.45) is 0 Å². The van der Waals surface area contributed by atoms with Crippen LogP contribution in [-0.4, -0.2) is 11.6 Å². The van der Waals surface area contributed by atoms with E-state index in [9.17, 15) is 4.79 Å². The molecule has 0 aliphatic rings. The van der Waals surface area contributed by atoms with Gasteiger partial charge in [-0.1, -0.05) is 66.2 Å². The van der Waals surface area contributed by atoms with Gasteiger partial charge in [-0.2, -0.15) is 0 Å². The predicted molar refractivity (Wildman–Crippen MR) is 144 cm³/mol. The van der Waals surface area contributed by atoms with E-state index in [1.807, 2.05) is 44.2 Å². The van der Waals surface area contributed by atoms with E-state index >= 15 is 0 Å². The van der Waals surface area contributed by atoms with E-state index in [2.05, 4.69) is 85.0 Å². The topological polar surface area (TPSA) is 29.1 Å². The average molecular weight is 473 g/mol. The fourth-order valence-electron chi connectivity index (χ4n) is 4.62. The van der Waals surface area contributed by atoms with E-state index in [1.54, 1.807) is 0 Å². The first-order valence-electron chi connectivity index (χ1n) is 11.1. The van der Waals surface area contributed by atoms with Crippen LogP contribution < -0.4 is 21.2 Å². The number of anilines is 1. The van der Waals surface area contributed by atoms with Crippen LogP contribution in [0.1, 0.15) is 18.1 Å². The van der Waals surface area contributed by atoms with Crippen molar-refractivity contribution in [1.29, 1.82) is 0 Å². The number of hydrogen-bond acceptors (Lipinski definition) is 1. The lowest BCUT2D eigenvalue weighted by Gasteiger charge is -2.32. The normalized spacial score (nSPS) is 12.2. The third kappa shape index (κ3) is 4.47. The Balaban J connectivity index is 1.91. The van der Waals surface area contributed by atoms with Crippen molar-refractivity contribution >= 4 is 46.4 Å². The van der Waals surface area contributed by atoms with Gasteiger partial charge in [-0.3, -0.25) is 4.79 Å². The summed E-state index contributed by atoms with van der Waals surface area (Å²) < 4.78 is 0. The maximum Gasteiger partial charge on any atom is 0.266 e. The molecule has 0 spiro atoms. The zero-order chi connectivity index (χ0) is 23.4. The van der Waals surface area contributed by atoms with Crippen LogP contribution in [0, 0.1) is 13.8 Å². The highest BCUT2D eigenvalue weighted by Gasteiger charge is 2.53. The lowest BCUT2D eigenvalue weighted by Crippen LogP contribution is -2.43. The molecule has 0 aliphatic heterocycles. The van der Waals surface area contributed by atoms with Crippen LogP contribution in [0.4, 0.5) is 5.69 Å². The molecule has 1 N–H and O–H groups in total. The molecule has 4 aromatic carbocycles. The van der Waals surface area contributed by atoms with E-state index in [4.69, 9.17) is 11.6 Å². The van der Waals surface area contributed by atoms with E-state index in [0.29, 0.717) is 5.02 Å². The van der Waals surface area contributed by atoms with Crippen LogP contribution in [0.15, 0.2) is 103 Å². The number of nitrogens with one attached hydrogen (secondary N) is 1. The second-order valence-corrected chi connectivity index (χ2v) is 12.5. The van der Waals surface area contributed by atoms with Crippen molar-refractivity contribution in [1.82, 2.24) is 0 Å². The van der Waals surface area contributed by atoms with E-state index in [0.717, 1.165) is 16.8 Å². The van der Waals surface area contributed by atoms with Gasteiger partial charge in [-0.15, -0.1) is 0 Å². The van der Waals surface area contributed by atoms with Gasteiger partial charge >= 0.3 is 0 Å². The van der Waals surface area contributed by atoms with Gasteiger partial charge in [0, 0.05) is 10.7 Å². The Morgan fingerprint density at radius 2 is 1.09 bits per heavy atom. The molecule has 4 rings (SSSR count). The number of rotatable bonds is 6. The third-order valence-corrected chi connectivity index (χ3v) is 11.1. The molecule has 0 aromatic heterocycles. The number of amides is 1. The van der Waals surface area contributed by atoms with Crippen molar-refractivity contribution < 1.29 is 4.79 Å². The fraction of sp³-hybridized carbons (Fsp3) is 0.138. The molecule has 0 radical (unpaired) electrons. The van der Waals surface area contributed by atoms with Crippen molar-refractivity contribution in [3.8, 4) is 0 Å². The molecule has 0 bridgehead atoms.